The molecule has 6 heteroatoms. The number of rotatable bonds is 10. The molecule has 0 saturated heterocycles. The molecule has 0 aliphatic carbocycles. The number of ether oxygens (including phenoxy) is 2. The minimum absolute atomic E-state index is 0.0131. The van der Waals surface area contributed by atoms with E-state index in [1.165, 1.54) is 0 Å². The third-order valence-electron chi connectivity index (χ3n) is 3.88. The van der Waals surface area contributed by atoms with Gasteiger partial charge < -0.3 is 19.7 Å². The van der Waals surface area contributed by atoms with E-state index in [1.54, 1.807) is 18.1 Å². The zero-order valence-electron chi connectivity index (χ0n) is 15.2. The molecule has 140 valence electrons. The molecule has 2 aromatic carbocycles. The maximum Gasteiger partial charge on any atom is 0.242 e. The molecule has 0 aromatic heterocycles. The number of benzene rings is 2. The maximum atomic E-state index is 12.6. The fourth-order valence-corrected chi connectivity index (χ4v) is 2.71. The molecule has 0 atom stereocenters. The molecule has 2 rings (SSSR count). The van der Waals surface area contributed by atoms with Crippen LogP contribution in [0, 0.1) is 0 Å². The molecule has 1 amide bonds. The summed E-state index contributed by atoms with van der Waals surface area (Å²) in [6.45, 7) is 4.22. The number of hydrogen-bond acceptors (Lipinski definition) is 4. The van der Waals surface area contributed by atoms with Gasteiger partial charge in [0.25, 0.3) is 0 Å². The van der Waals surface area contributed by atoms with Crippen molar-refractivity contribution in [1.29, 1.82) is 0 Å². The fraction of sp³-hybridized carbons (Fsp3) is 0.350. The number of anilines is 1. The second kappa shape index (κ2) is 10.7. The molecular weight excluding hydrogens is 352 g/mol. The van der Waals surface area contributed by atoms with Crippen LogP contribution in [-0.4, -0.2) is 44.2 Å². The molecule has 0 unspecified atom stereocenters. The van der Waals surface area contributed by atoms with Crippen molar-refractivity contribution in [1.82, 2.24) is 4.90 Å². The molecule has 2 aromatic rings. The van der Waals surface area contributed by atoms with E-state index in [-0.39, 0.29) is 12.5 Å². The van der Waals surface area contributed by atoms with Gasteiger partial charge in [-0.05, 0) is 24.6 Å². The van der Waals surface area contributed by atoms with Crippen molar-refractivity contribution in [3.8, 4) is 5.75 Å². The van der Waals surface area contributed by atoms with Gasteiger partial charge in [0, 0.05) is 20.2 Å². The Morgan fingerprint density at radius 1 is 1.12 bits per heavy atom. The lowest BCUT2D eigenvalue weighted by molar-refractivity contribution is -0.129. The first-order valence-electron chi connectivity index (χ1n) is 8.61. The fourth-order valence-electron chi connectivity index (χ4n) is 2.48. The molecule has 0 aliphatic heterocycles. The highest BCUT2D eigenvalue weighted by molar-refractivity contribution is 6.32. The van der Waals surface area contributed by atoms with Crippen molar-refractivity contribution in [2.75, 3.05) is 38.7 Å². The first-order valence-corrected chi connectivity index (χ1v) is 8.99. The number of methoxy groups -OCH3 is 1. The van der Waals surface area contributed by atoms with Gasteiger partial charge in [-0.1, -0.05) is 48.0 Å². The summed E-state index contributed by atoms with van der Waals surface area (Å²) in [5, 5.41) is 3.64. The van der Waals surface area contributed by atoms with Gasteiger partial charge in [0.15, 0.2) is 5.75 Å². The third kappa shape index (κ3) is 5.93. The van der Waals surface area contributed by atoms with Gasteiger partial charge in [-0.3, -0.25) is 4.79 Å². The van der Waals surface area contributed by atoms with E-state index in [0.29, 0.717) is 42.8 Å². The Hall–Kier alpha value is -2.24. The number of hydrogen-bond donors (Lipinski definition) is 1. The van der Waals surface area contributed by atoms with Crippen LogP contribution in [-0.2, 0) is 16.1 Å². The van der Waals surface area contributed by atoms with E-state index in [4.69, 9.17) is 21.1 Å². The normalized spacial score (nSPS) is 10.4. The van der Waals surface area contributed by atoms with Crippen LogP contribution in [0.1, 0.15) is 12.5 Å². The van der Waals surface area contributed by atoms with Gasteiger partial charge in [-0.15, -0.1) is 0 Å². The van der Waals surface area contributed by atoms with Crippen LogP contribution in [0.25, 0.3) is 0 Å². The van der Waals surface area contributed by atoms with Gasteiger partial charge in [0.05, 0.1) is 23.9 Å². The van der Waals surface area contributed by atoms with E-state index in [1.807, 2.05) is 49.4 Å². The number of nitrogens with one attached hydrogen (secondary N) is 1. The van der Waals surface area contributed by atoms with Gasteiger partial charge in [-0.25, -0.2) is 0 Å². The molecule has 26 heavy (non-hydrogen) atoms. The summed E-state index contributed by atoms with van der Waals surface area (Å²) >= 11 is 6.22. The summed E-state index contributed by atoms with van der Waals surface area (Å²) < 4.78 is 10.7. The van der Waals surface area contributed by atoms with Crippen molar-refractivity contribution in [3.63, 3.8) is 0 Å². The average Bonchev–Trinajstić information content (AvgIpc) is 2.66. The summed E-state index contributed by atoms with van der Waals surface area (Å²) in [4.78, 5) is 14.4. The van der Waals surface area contributed by atoms with Crippen LogP contribution in [0.4, 0.5) is 5.69 Å². The lowest BCUT2D eigenvalue weighted by Gasteiger charge is -2.22. The highest BCUT2D eigenvalue weighted by atomic mass is 35.5. The van der Waals surface area contributed by atoms with Crippen LogP contribution < -0.4 is 10.1 Å². The summed E-state index contributed by atoms with van der Waals surface area (Å²) in [6, 6.07) is 15.4. The largest absolute Gasteiger partial charge is 0.487 e. The first-order chi connectivity index (χ1) is 12.7. The Balaban J connectivity index is 1.98. The standard InChI is InChI=1S/C20H25ClN2O3/c1-3-23(15-16-8-5-4-6-9-16)19(24)14-22-18-11-7-10-17(21)20(18)26-13-12-25-2/h4-11,22H,3,12-15H2,1-2H3. The summed E-state index contributed by atoms with van der Waals surface area (Å²) in [5.74, 6) is 0.546. The molecule has 0 radical (unpaired) electrons. The molecule has 0 saturated carbocycles. The van der Waals surface area contributed by atoms with Crippen LogP contribution in [0.5, 0.6) is 5.75 Å². The van der Waals surface area contributed by atoms with E-state index in [2.05, 4.69) is 5.32 Å². The minimum Gasteiger partial charge on any atom is -0.487 e. The maximum absolute atomic E-state index is 12.6. The Morgan fingerprint density at radius 2 is 1.88 bits per heavy atom. The van der Waals surface area contributed by atoms with E-state index < -0.39 is 0 Å². The van der Waals surface area contributed by atoms with Crippen molar-refractivity contribution < 1.29 is 14.3 Å². The minimum atomic E-state index is 0.0131. The Labute approximate surface area is 159 Å². The highest BCUT2D eigenvalue weighted by Gasteiger charge is 2.14. The van der Waals surface area contributed by atoms with Crippen LogP contribution in [0.3, 0.4) is 0 Å². The number of amides is 1. The molecule has 5 nitrogen and oxygen atoms in total. The Bertz CT molecular complexity index is 695. The number of halogens is 1. The lowest BCUT2D eigenvalue weighted by Crippen LogP contribution is -2.35. The van der Waals surface area contributed by atoms with Crippen molar-refractivity contribution in [2.24, 2.45) is 0 Å². The number of para-hydroxylation sites is 1. The highest BCUT2D eigenvalue weighted by Crippen LogP contribution is 2.32. The van der Waals surface area contributed by atoms with Gasteiger partial charge >= 0.3 is 0 Å². The van der Waals surface area contributed by atoms with Crippen molar-refractivity contribution in [2.45, 2.75) is 13.5 Å². The second-order valence-electron chi connectivity index (χ2n) is 5.70. The molecule has 0 fully saturated rings. The van der Waals surface area contributed by atoms with E-state index in [9.17, 15) is 4.79 Å². The summed E-state index contributed by atoms with van der Waals surface area (Å²) in [6.07, 6.45) is 0. The number of nitrogens with zero attached hydrogens (tertiary/aromatic N) is 1. The first kappa shape index (κ1) is 20.1. The molecular formula is C20H25ClN2O3. The Kier molecular flexibility index (Phi) is 8.25. The third-order valence-corrected chi connectivity index (χ3v) is 4.18. The zero-order chi connectivity index (χ0) is 18.8. The molecule has 0 heterocycles. The van der Waals surface area contributed by atoms with Crippen LogP contribution in [0.2, 0.25) is 5.02 Å². The molecule has 0 spiro atoms. The summed E-state index contributed by atoms with van der Waals surface area (Å²) in [5.41, 5.74) is 1.80. The second-order valence-corrected chi connectivity index (χ2v) is 6.11. The Morgan fingerprint density at radius 3 is 2.58 bits per heavy atom. The smallest absolute Gasteiger partial charge is 0.242 e. The van der Waals surface area contributed by atoms with E-state index in [0.717, 1.165) is 5.56 Å². The molecule has 0 bridgehead atoms. The average molecular weight is 377 g/mol. The quantitative estimate of drug-likeness (QED) is 0.640. The van der Waals surface area contributed by atoms with Crippen molar-refractivity contribution >= 4 is 23.2 Å². The van der Waals surface area contributed by atoms with Crippen LogP contribution >= 0.6 is 11.6 Å². The summed E-state index contributed by atoms with van der Waals surface area (Å²) in [7, 11) is 1.61. The lowest BCUT2D eigenvalue weighted by atomic mass is 10.2. The van der Waals surface area contributed by atoms with Crippen molar-refractivity contribution in [3.05, 3.63) is 59.1 Å². The predicted octanol–water partition coefficient (Wildman–Crippen LogP) is 3.83. The van der Waals surface area contributed by atoms with Gasteiger partial charge in [0.2, 0.25) is 5.91 Å². The number of likely N-dealkylation sites (N-methyl/N-ethyl adjacent to an activating group) is 1. The number of carbonyl (C=O) groups is 1. The zero-order valence-corrected chi connectivity index (χ0v) is 16.0. The monoisotopic (exact) mass is 376 g/mol. The SMILES string of the molecule is CCN(Cc1ccccc1)C(=O)CNc1cccc(Cl)c1OCCOC. The topological polar surface area (TPSA) is 50.8 Å². The molecule has 0 aliphatic rings. The number of carbonyl (C=O) groups excluding carboxylic acids is 1. The van der Waals surface area contributed by atoms with E-state index >= 15 is 0 Å². The van der Waals surface area contributed by atoms with Crippen LogP contribution in [0.15, 0.2) is 48.5 Å². The van der Waals surface area contributed by atoms with Gasteiger partial charge in [-0.2, -0.15) is 0 Å². The predicted molar refractivity (Wildman–Crippen MR) is 105 cm³/mol. The molecule has 1 N–H and O–H groups in total. The van der Waals surface area contributed by atoms with Gasteiger partial charge in [0.1, 0.15) is 6.61 Å².